The van der Waals surface area contributed by atoms with E-state index < -0.39 is 6.01 Å². The fraction of sp³-hybridized carbons (Fsp3) is 0.500. The molecule has 0 aliphatic rings. The summed E-state index contributed by atoms with van der Waals surface area (Å²) in [5, 5.41) is 19.7. The first kappa shape index (κ1) is 12.0. The first-order chi connectivity index (χ1) is 5.41. The molecular weight excluding hydrogens is 192 g/mol. The second-order valence-corrected chi connectivity index (χ2v) is 3.69. The number of aromatic nitrogens is 2. The van der Waals surface area contributed by atoms with E-state index in [1.54, 1.807) is 6.07 Å². The molecule has 1 aromatic rings. The molecule has 5 heteroatoms. The molecule has 0 aliphatic carbocycles. The van der Waals surface area contributed by atoms with Crippen LogP contribution in [0.4, 0.5) is 0 Å². The van der Waals surface area contributed by atoms with Crippen molar-refractivity contribution in [3.8, 4) is 6.01 Å². The van der Waals surface area contributed by atoms with E-state index in [0.717, 1.165) is 0 Å². The van der Waals surface area contributed by atoms with Gasteiger partial charge in [0.15, 0.2) is 5.69 Å². The van der Waals surface area contributed by atoms with Crippen LogP contribution in [0.15, 0.2) is 12.3 Å². The van der Waals surface area contributed by atoms with Crippen LogP contribution in [0, 0.1) is 5.21 Å². The summed E-state index contributed by atoms with van der Waals surface area (Å²) in [5.41, 5.74) is 0.554. The Morgan fingerprint density at radius 3 is 2.38 bits per heavy atom. The standard InChI is InChI=1S/C8H12N2O2.ClH/c1-8(2,3)6-4-5-10(12)7(11)9-6;/h4-5H,1-3H3,(H,9,11);1H. The van der Waals surface area contributed by atoms with Gasteiger partial charge >= 0.3 is 6.01 Å². The zero-order valence-electron chi connectivity index (χ0n) is 7.81. The maximum absolute atomic E-state index is 10.7. The minimum atomic E-state index is -0.498. The van der Waals surface area contributed by atoms with Gasteiger partial charge in [0.05, 0.1) is 0 Å². The Morgan fingerprint density at radius 2 is 2.00 bits per heavy atom. The van der Waals surface area contributed by atoms with E-state index in [1.807, 2.05) is 20.8 Å². The highest BCUT2D eigenvalue weighted by molar-refractivity contribution is 5.85. The molecule has 13 heavy (non-hydrogen) atoms. The zero-order valence-corrected chi connectivity index (χ0v) is 8.63. The molecule has 1 N–H and O–H groups in total. The summed E-state index contributed by atoms with van der Waals surface area (Å²) in [6.07, 6.45) is 1.25. The molecular formula is C8H13ClN2O2. The molecule has 0 spiro atoms. The monoisotopic (exact) mass is 204 g/mol. The first-order valence-electron chi connectivity index (χ1n) is 3.71. The average molecular weight is 205 g/mol. The van der Waals surface area contributed by atoms with Gasteiger partial charge in [-0.3, -0.25) is 0 Å². The number of nitrogens with zero attached hydrogens (tertiary/aromatic N) is 2. The van der Waals surface area contributed by atoms with Gasteiger partial charge in [0.1, 0.15) is 6.20 Å². The number of hydrogen-bond donors (Lipinski definition) is 1. The fourth-order valence-corrected chi connectivity index (χ4v) is 0.817. The Morgan fingerprint density at radius 1 is 1.46 bits per heavy atom. The van der Waals surface area contributed by atoms with E-state index in [1.165, 1.54) is 6.20 Å². The molecule has 74 valence electrons. The first-order valence-corrected chi connectivity index (χ1v) is 3.71. The Labute approximate surface area is 83.2 Å². The van der Waals surface area contributed by atoms with Crippen molar-refractivity contribution in [3.05, 3.63) is 23.2 Å². The Hall–Kier alpha value is -1.03. The minimum Gasteiger partial charge on any atom is -0.708 e. The summed E-state index contributed by atoms with van der Waals surface area (Å²) in [6.45, 7) is 5.89. The maximum Gasteiger partial charge on any atom is 0.499 e. The van der Waals surface area contributed by atoms with Gasteiger partial charge in [0.25, 0.3) is 0 Å². The predicted molar refractivity (Wildman–Crippen MR) is 50.8 cm³/mol. The average Bonchev–Trinajstić information content (AvgIpc) is 1.92. The van der Waals surface area contributed by atoms with Crippen LogP contribution in [0.3, 0.4) is 0 Å². The lowest BCUT2D eigenvalue weighted by Crippen LogP contribution is -2.28. The van der Waals surface area contributed by atoms with Gasteiger partial charge in [-0.2, -0.15) is 0 Å². The third kappa shape index (κ3) is 2.73. The van der Waals surface area contributed by atoms with E-state index in [9.17, 15) is 5.21 Å². The zero-order chi connectivity index (χ0) is 9.35. The lowest BCUT2D eigenvalue weighted by Gasteiger charge is -2.13. The van der Waals surface area contributed by atoms with Crippen molar-refractivity contribution in [2.45, 2.75) is 26.2 Å². The molecule has 0 radical (unpaired) electrons. The largest absolute Gasteiger partial charge is 0.708 e. The smallest absolute Gasteiger partial charge is 0.499 e. The van der Waals surface area contributed by atoms with Gasteiger partial charge in [0, 0.05) is 11.5 Å². The van der Waals surface area contributed by atoms with Crippen molar-refractivity contribution in [1.29, 1.82) is 0 Å². The predicted octanol–water partition coefficient (Wildman–Crippen LogP) is 1.14. The number of halogens is 1. The topological polar surface area (TPSA) is 60.1 Å². The van der Waals surface area contributed by atoms with E-state index in [2.05, 4.69) is 4.98 Å². The lowest BCUT2D eigenvalue weighted by atomic mass is 9.92. The fourth-order valence-electron chi connectivity index (χ4n) is 0.817. The number of rotatable bonds is 0. The molecule has 0 aromatic carbocycles. The van der Waals surface area contributed by atoms with E-state index >= 15 is 0 Å². The third-order valence-electron chi connectivity index (χ3n) is 1.55. The van der Waals surface area contributed by atoms with Gasteiger partial charge in [-0.05, 0) is 4.98 Å². The van der Waals surface area contributed by atoms with E-state index in [4.69, 9.17) is 5.11 Å². The second kappa shape index (κ2) is 3.79. The summed E-state index contributed by atoms with van der Waals surface area (Å²) < 4.78 is 0.329. The van der Waals surface area contributed by atoms with Crippen molar-refractivity contribution < 1.29 is 9.84 Å². The molecule has 1 rings (SSSR count). The summed E-state index contributed by atoms with van der Waals surface area (Å²) in [6, 6.07) is 1.11. The summed E-state index contributed by atoms with van der Waals surface area (Å²) in [7, 11) is 0. The van der Waals surface area contributed by atoms with Gasteiger partial charge < -0.3 is 10.3 Å². The van der Waals surface area contributed by atoms with Gasteiger partial charge in [-0.1, -0.05) is 20.8 Å². The van der Waals surface area contributed by atoms with E-state index in [0.29, 0.717) is 10.4 Å². The van der Waals surface area contributed by atoms with Crippen molar-refractivity contribution in [2.24, 2.45) is 0 Å². The van der Waals surface area contributed by atoms with Crippen molar-refractivity contribution in [3.63, 3.8) is 0 Å². The van der Waals surface area contributed by atoms with Crippen molar-refractivity contribution in [2.75, 3.05) is 0 Å². The van der Waals surface area contributed by atoms with Crippen LogP contribution >= 0.6 is 12.4 Å². The molecule has 0 amide bonds. The highest BCUT2D eigenvalue weighted by Gasteiger charge is 2.22. The highest BCUT2D eigenvalue weighted by Crippen LogP contribution is 2.19. The number of hydrogen-bond acceptors (Lipinski definition) is 3. The SMILES string of the molecule is CC(C)(C)c1cc[n+]([O-])c(O)n1.Cl. The quantitative estimate of drug-likeness (QED) is 0.509. The molecule has 0 atom stereocenters. The molecule has 0 bridgehead atoms. The molecule has 0 saturated heterocycles. The summed E-state index contributed by atoms with van der Waals surface area (Å²) >= 11 is 0. The van der Waals surface area contributed by atoms with E-state index in [-0.39, 0.29) is 17.8 Å². The summed E-state index contributed by atoms with van der Waals surface area (Å²) in [5.74, 6) is 0. The molecule has 0 saturated carbocycles. The molecule has 0 unspecified atom stereocenters. The van der Waals surface area contributed by atoms with Gasteiger partial charge in [-0.25, -0.2) is 4.73 Å². The Bertz CT molecular complexity index is 297. The van der Waals surface area contributed by atoms with Crippen molar-refractivity contribution >= 4 is 12.4 Å². The molecule has 4 nitrogen and oxygen atoms in total. The highest BCUT2D eigenvalue weighted by atomic mass is 35.5. The Kier molecular flexibility index (Phi) is 3.49. The van der Waals surface area contributed by atoms with Crippen LogP contribution in [-0.2, 0) is 5.41 Å². The van der Waals surface area contributed by atoms with Gasteiger partial charge in [0.2, 0.25) is 0 Å². The normalized spacial score (nSPS) is 10.7. The van der Waals surface area contributed by atoms with Crippen LogP contribution in [0.25, 0.3) is 0 Å². The number of aromatic hydroxyl groups is 1. The molecule has 1 heterocycles. The van der Waals surface area contributed by atoms with Gasteiger partial charge in [-0.15, -0.1) is 12.4 Å². The molecule has 0 aliphatic heterocycles. The maximum atomic E-state index is 10.7. The third-order valence-corrected chi connectivity index (χ3v) is 1.55. The van der Waals surface area contributed by atoms with Crippen LogP contribution in [0.2, 0.25) is 0 Å². The van der Waals surface area contributed by atoms with Crippen LogP contribution < -0.4 is 4.73 Å². The lowest BCUT2D eigenvalue weighted by molar-refractivity contribution is -0.617. The molecule has 0 fully saturated rings. The van der Waals surface area contributed by atoms with Crippen molar-refractivity contribution in [1.82, 2.24) is 4.98 Å². The van der Waals surface area contributed by atoms with Crippen LogP contribution in [-0.4, -0.2) is 10.1 Å². The Balaban J connectivity index is 0.00000144. The second-order valence-electron chi connectivity index (χ2n) is 3.69. The molecule has 1 aromatic heterocycles. The minimum absolute atomic E-state index is 0. The van der Waals surface area contributed by atoms with Crippen LogP contribution in [0.5, 0.6) is 6.01 Å². The summed E-state index contributed by atoms with van der Waals surface area (Å²) in [4.78, 5) is 3.75. The van der Waals surface area contributed by atoms with Crippen LogP contribution in [0.1, 0.15) is 26.5 Å².